The molecule has 80 valence electrons. The highest BCUT2D eigenvalue weighted by molar-refractivity contribution is 8.14. The average molecular weight is 236 g/mol. The van der Waals surface area contributed by atoms with Crippen LogP contribution in [0.4, 0.5) is 0 Å². The Bertz CT molecular complexity index is 346. The molecule has 0 aliphatic carbocycles. The van der Waals surface area contributed by atoms with E-state index in [1.54, 1.807) is 11.8 Å². The third kappa shape index (κ3) is 2.40. The van der Waals surface area contributed by atoms with E-state index >= 15 is 0 Å². The number of rotatable bonds is 2. The van der Waals surface area contributed by atoms with E-state index in [-0.39, 0.29) is 6.10 Å². The van der Waals surface area contributed by atoms with E-state index in [9.17, 15) is 8.42 Å². The summed E-state index contributed by atoms with van der Waals surface area (Å²) < 4.78 is 26.4. The number of thioether (sulfide) groups is 1. The van der Waals surface area contributed by atoms with Crippen LogP contribution in [0.3, 0.4) is 0 Å². The average Bonchev–Trinajstić information content (AvgIpc) is 2.45. The Morgan fingerprint density at radius 2 is 2.29 bits per heavy atom. The number of aliphatic imine (C=N–C) groups is 1. The first-order valence-corrected chi connectivity index (χ1v) is 7.15. The van der Waals surface area contributed by atoms with E-state index in [4.69, 9.17) is 4.18 Å². The highest BCUT2D eigenvalue weighted by atomic mass is 32.2. The van der Waals surface area contributed by atoms with Crippen molar-refractivity contribution in [1.82, 2.24) is 4.90 Å². The Balaban J connectivity index is 1.79. The number of likely N-dealkylation sites (tertiary alicyclic amines) is 1. The van der Waals surface area contributed by atoms with Gasteiger partial charge in [-0.05, 0) is 0 Å². The topological polar surface area (TPSA) is 59.0 Å². The second kappa shape index (κ2) is 3.71. The van der Waals surface area contributed by atoms with E-state index in [1.807, 2.05) is 4.90 Å². The van der Waals surface area contributed by atoms with E-state index in [0.29, 0.717) is 13.1 Å². The predicted molar refractivity (Wildman–Crippen MR) is 56.0 cm³/mol. The monoisotopic (exact) mass is 236 g/mol. The van der Waals surface area contributed by atoms with Crippen LogP contribution in [0.2, 0.25) is 0 Å². The number of nitrogens with zero attached hydrogens (tertiary/aromatic N) is 2. The lowest BCUT2D eigenvalue weighted by atomic mass is 10.2. The van der Waals surface area contributed by atoms with Crippen LogP contribution >= 0.6 is 11.8 Å². The second-order valence-corrected chi connectivity index (χ2v) is 6.00. The SMILES string of the molecule is CS(=O)(=O)OC1CN(C2=NCCS2)C1. The summed E-state index contributed by atoms with van der Waals surface area (Å²) in [5, 5.41) is 1.03. The van der Waals surface area contributed by atoms with Crippen molar-refractivity contribution in [2.24, 2.45) is 4.99 Å². The molecule has 0 unspecified atom stereocenters. The lowest BCUT2D eigenvalue weighted by Gasteiger charge is -2.38. The lowest BCUT2D eigenvalue weighted by molar-refractivity contribution is 0.0767. The molecule has 0 aromatic heterocycles. The van der Waals surface area contributed by atoms with E-state index < -0.39 is 10.1 Å². The summed E-state index contributed by atoms with van der Waals surface area (Å²) in [5.74, 6) is 1.03. The van der Waals surface area contributed by atoms with Crippen molar-refractivity contribution in [3.63, 3.8) is 0 Å². The molecule has 0 amide bonds. The van der Waals surface area contributed by atoms with Gasteiger partial charge in [-0.1, -0.05) is 11.8 Å². The molecule has 7 heteroatoms. The van der Waals surface area contributed by atoms with Gasteiger partial charge in [-0.15, -0.1) is 0 Å². The molecular formula is C7H12N2O3S2. The molecule has 0 spiro atoms. The molecule has 0 aromatic carbocycles. The molecule has 0 aromatic rings. The van der Waals surface area contributed by atoms with Crippen molar-refractivity contribution >= 4 is 27.0 Å². The Hall–Kier alpha value is -0.270. The fraction of sp³-hybridized carbons (Fsp3) is 0.857. The zero-order valence-corrected chi connectivity index (χ0v) is 9.47. The molecule has 0 saturated carbocycles. The number of hydrogen-bond donors (Lipinski definition) is 0. The van der Waals surface area contributed by atoms with Crippen LogP contribution < -0.4 is 0 Å². The fourth-order valence-corrected chi connectivity index (χ4v) is 2.91. The van der Waals surface area contributed by atoms with Crippen molar-refractivity contribution in [3.05, 3.63) is 0 Å². The third-order valence-electron chi connectivity index (χ3n) is 2.00. The molecule has 0 radical (unpaired) electrons. The molecule has 2 rings (SSSR count). The van der Waals surface area contributed by atoms with Gasteiger partial charge in [0.25, 0.3) is 10.1 Å². The van der Waals surface area contributed by atoms with Gasteiger partial charge in [0, 0.05) is 18.8 Å². The summed E-state index contributed by atoms with van der Waals surface area (Å²) in [5.41, 5.74) is 0. The van der Waals surface area contributed by atoms with E-state index in [0.717, 1.165) is 23.7 Å². The predicted octanol–water partition coefficient (Wildman–Crippen LogP) is -0.250. The van der Waals surface area contributed by atoms with Crippen LogP contribution in [-0.2, 0) is 14.3 Å². The van der Waals surface area contributed by atoms with Crippen molar-refractivity contribution in [1.29, 1.82) is 0 Å². The summed E-state index contributed by atoms with van der Waals surface area (Å²) >= 11 is 1.72. The van der Waals surface area contributed by atoms with Gasteiger partial charge in [-0.3, -0.25) is 9.18 Å². The molecule has 0 bridgehead atoms. The van der Waals surface area contributed by atoms with Crippen LogP contribution in [0.15, 0.2) is 4.99 Å². The van der Waals surface area contributed by atoms with Gasteiger partial charge in [0.15, 0.2) is 5.17 Å². The fourth-order valence-electron chi connectivity index (χ4n) is 1.42. The summed E-state index contributed by atoms with van der Waals surface area (Å²) in [6.45, 7) is 2.14. The first-order valence-electron chi connectivity index (χ1n) is 4.35. The minimum absolute atomic E-state index is 0.186. The van der Waals surface area contributed by atoms with Gasteiger partial charge >= 0.3 is 0 Å². The molecule has 2 heterocycles. The molecule has 2 aliphatic rings. The second-order valence-electron chi connectivity index (χ2n) is 3.34. The molecule has 1 fully saturated rings. The van der Waals surface area contributed by atoms with Crippen LogP contribution in [0.5, 0.6) is 0 Å². The van der Waals surface area contributed by atoms with Crippen LogP contribution in [0, 0.1) is 0 Å². The highest BCUT2D eigenvalue weighted by Gasteiger charge is 2.33. The maximum absolute atomic E-state index is 10.8. The van der Waals surface area contributed by atoms with Gasteiger partial charge < -0.3 is 4.90 Å². The van der Waals surface area contributed by atoms with Crippen molar-refractivity contribution in [2.45, 2.75) is 6.10 Å². The summed E-state index contributed by atoms with van der Waals surface area (Å²) in [7, 11) is -3.30. The van der Waals surface area contributed by atoms with Gasteiger partial charge in [-0.2, -0.15) is 8.42 Å². The Morgan fingerprint density at radius 1 is 1.57 bits per heavy atom. The van der Waals surface area contributed by atoms with E-state index in [1.165, 1.54) is 0 Å². The molecule has 0 N–H and O–H groups in total. The molecule has 5 nitrogen and oxygen atoms in total. The van der Waals surface area contributed by atoms with Gasteiger partial charge in [0.2, 0.25) is 0 Å². The number of amidine groups is 1. The first-order chi connectivity index (χ1) is 6.54. The Labute approximate surface area is 87.6 Å². The van der Waals surface area contributed by atoms with Gasteiger partial charge in [0.1, 0.15) is 6.10 Å². The first kappa shape index (κ1) is 10.3. The zero-order valence-electron chi connectivity index (χ0n) is 7.84. The smallest absolute Gasteiger partial charge is 0.264 e. The third-order valence-corrected chi connectivity index (χ3v) is 3.65. The summed E-state index contributed by atoms with van der Waals surface area (Å²) in [6, 6.07) is 0. The molecular weight excluding hydrogens is 224 g/mol. The standard InChI is InChI=1S/C7H12N2O3S2/c1-14(10,11)12-6-4-9(5-6)7-8-2-3-13-7/h6H,2-5H2,1H3. The van der Waals surface area contributed by atoms with Crippen LogP contribution in [0.1, 0.15) is 0 Å². The van der Waals surface area contributed by atoms with Gasteiger partial charge in [0.05, 0.1) is 12.8 Å². The Morgan fingerprint density at radius 3 is 2.79 bits per heavy atom. The molecule has 0 atom stereocenters. The highest BCUT2D eigenvalue weighted by Crippen LogP contribution is 2.22. The quantitative estimate of drug-likeness (QED) is 0.619. The van der Waals surface area contributed by atoms with Crippen LogP contribution in [0.25, 0.3) is 0 Å². The van der Waals surface area contributed by atoms with Crippen molar-refractivity contribution < 1.29 is 12.6 Å². The van der Waals surface area contributed by atoms with E-state index in [2.05, 4.69) is 4.99 Å². The van der Waals surface area contributed by atoms with Crippen molar-refractivity contribution in [2.75, 3.05) is 31.6 Å². The molecule has 14 heavy (non-hydrogen) atoms. The van der Waals surface area contributed by atoms with Crippen LogP contribution in [-0.4, -0.2) is 56.2 Å². The molecule has 1 saturated heterocycles. The largest absolute Gasteiger partial charge is 0.346 e. The lowest BCUT2D eigenvalue weighted by Crippen LogP contribution is -2.54. The number of hydrogen-bond acceptors (Lipinski definition) is 6. The van der Waals surface area contributed by atoms with Crippen molar-refractivity contribution in [3.8, 4) is 0 Å². The summed E-state index contributed by atoms with van der Waals surface area (Å²) in [4.78, 5) is 6.34. The summed E-state index contributed by atoms with van der Waals surface area (Å²) in [6.07, 6.45) is 0.895. The molecule has 2 aliphatic heterocycles. The Kier molecular flexibility index (Phi) is 2.72. The normalized spacial score (nSPS) is 23.5. The minimum Gasteiger partial charge on any atom is -0.346 e. The maximum Gasteiger partial charge on any atom is 0.264 e. The minimum atomic E-state index is -3.30. The zero-order chi connectivity index (χ0) is 10.2. The maximum atomic E-state index is 10.8. The van der Waals surface area contributed by atoms with Gasteiger partial charge in [-0.25, -0.2) is 0 Å².